The van der Waals surface area contributed by atoms with Gasteiger partial charge in [-0.15, -0.1) is 0 Å². The maximum atomic E-state index is 13.2. The number of fused-ring (bicyclic) bond motifs is 1. The Bertz CT molecular complexity index is 1280. The van der Waals surface area contributed by atoms with Crippen molar-refractivity contribution in [3.8, 4) is 5.75 Å². The Morgan fingerprint density at radius 2 is 1.73 bits per heavy atom. The Balaban J connectivity index is 1.66. The number of methoxy groups -OCH3 is 1. The lowest BCUT2D eigenvalue weighted by Crippen LogP contribution is -2.11. The number of nitrogens with zero attached hydrogens (tertiary/aromatic N) is 1. The van der Waals surface area contributed by atoms with Gasteiger partial charge in [-0.1, -0.05) is 41.9 Å². The molecular formula is C24H22ClNO3S. The Hall–Kier alpha value is -2.76. The fourth-order valence-electron chi connectivity index (χ4n) is 3.65. The zero-order valence-electron chi connectivity index (χ0n) is 16.6. The van der Waals surface area contributed by atoms with Crippen molar-refractivity contribution in [1.82, 2.24) is 3.97 Å². The van der Waals surface area contributed by atoms with Gasteiger partial charge in [0.25, 0.3) is 10.0 Å². The second kappa shape index (κ2) is 8.54. The van der Waals surface area contributed by atoms with Gasteiger partial charge in [-0.3, -0.25) is 0 Å². The first kappa shape index (κ1) is 20.5. The predicted molar refractivity (Wildman–Crippen MR) is 121 cm³/mol. The molecule has 0 unspecified atom stereocenters. The van der Waals surface area contributed by atoms with Crippen molar-refractivity contribution in [3.63, 3.8) is 0 Å². The van der Waals surface area contributed by atoms with Crippen molar-refractivity contribution in [1.29, 1.82) is 0 Å². The zero-order valence-corrected chi connectivity index (χ0v) is 18.2. The molecule has 1 aromatic heterocycles. The lowest BCUT2D eigenvalue weighted by atomic mass is 10.0. The topological polar surface area (TPSA) is 48.3 Å². The molecule has 4 nitrogen and oxygen atoms in total. The Labute approximate surface area is 181 Å². The van der Waals surface area contributed by atoms with Crippen molar-refractivity contribution >= 4 is 32.5 Å². The van der Waals surface area contributed by atoms with Gasteiger partial charge in [-0.25, -0.2) is 12.4 Å². The fraction of sp³-hybridized carbons (Fsp3) is 0.167. The highest BCUT2D eigenvalue weighted by molar-refractivity contribution is 7.90. The quantitative estimate of drug-likeness (QED) is 0.370. The number of benzene rings is 3. The minimum atomic E-state index is -3.69. The van der Waals surface area contributed by atoms with Crippen LogP contribution >= 0.6 is 11.6 Å². The molecule has 0 bridgehead atoms. The summed E-state index contributed by atoms with van der Waals surface area (Å²) in [4.78, 5) is 0.264. The minimum absolute atomic E-state index is 0.264. The van der Waals surface area contributed by atoms with Gasteiger partial charge < -0.3 is 4.74 Å². The molecule has 4 aromatic rings. The largest absolute Gasteiger partial charge is 0.497 e. The molecule has 0 amide bonds. The molecule has 0 saturated carbocycles. The van der Waals surface area contributed by atoms with Crippen LogP contribution in [0.4, 0.5) is 0 Å². The molecule has 0 aliphatic heterocycles. The van der Waals surface area contributed by atoms with Crippen LogP contribution in [0.25, 0.3) is 10.9 Å². The van der Waals surface area contributed by atoms with Crippen LogP contribution in [0.1, 0.15) is 17.5 Å². The van der Waals surface area contributed by atoms with E-state index in [1.165, 1.54) is 9.54 Å². The van der Waals surface area contributed by atoms with E-state index in [2.05, 4.69) is 6.07 Å². The molecule has 0 spiro atoms. The lowest BCUT2D eigenvalue weighted by molar-refractivity contribution is 0.414. The molecule has 0 saturated heterocycles. The van der Waals surface area contributed by atoms with E-state index < -0.39 is 10.0 Å². The van der Waals surface area contributed by atoms with Crippen molar-refractivity contribution in [2.75, 3.05) is 7.11 Å². The summed E-state index contributed by atoms with van der Waals surface area (Å²) in [6.07, 6.45) is 4.22. The van der Waals surface area contributed by atoms with E-state index in [9.17, 15) is 8.42 Å². The number of hydrogen-bond acceptors (Lipinski definition) is 3. The highest BCUT2D eigenvalue weighted by Gasteiger charge is 2.21. The molecule has 6 heteroatoms. The van der Waals surface area contributed by atoms with Crippen LogP contribution in [0.2, 0.25) is 5.02 Å². The van der Waals surface area contributed by atoms with Crippen molar-refractivity contribution < 1.29 is 13.2 Å². The van der Waals surface area contributed by atoms with E-state index in [4.69, 9.17) is 16.3 Å². The summed E-state index contributed by atoms with van der Waals surface area (Å²) in [7, 11) is -2.03. The second-order valence-corrected chi connectivity index (χ2v) is 9.39. The summed E-state index contributed by atoms with van der Waals surface area (Å²) >= 11 is 6.22. The molecule has 154 valence electrons. The molecule has 0 radical (unpaired) electrons. The van der Waals surface area contributed by atoms with Crippen LogP contribution < -0.4 is 4.74 Å². The first-order chi connectivity index (χ1) is 14.5. The molecule has 3 aromatic carbocycles. The number of ether oxygens (including phenoxy) is 1. The second-order valence-electron chi connectivity index (χ2n) is 7.13. The maximum absolute atomic E-state index is 13.2. The van der Waals surface area contributed by atoms with E-state index in [1.807, 2.05) is 24.3 Å². The van der Waals surface area contributed by atoms with Gasteiger partial charge in [0, 0.05) is 16.6 Å². The molecule has 30 heavy (non-hydrogen) atoms. The van der Waals surface area contributed by atoms with Gasteiger partial charge in [0.15, 0.2) is 0 Å². The molecule has 0 aliphatic carbocycles. The molecule has 0 aliphatic rings. The van der Waals surface area contributed by atoms with Gasteiger partial charge in [-0.05, 0) is 72.9 Å². The van der Waals surface area contributed by atoms with Crippen LogP contribution in [0.5, 0.6) is 5.75 Å². The van der Waals surface area contributed by atoms with Gasteiger partial charge >= 0.3 is 0 Å². The monoisotopic (exact) mass is 439 g/mol. The molecule has 0 atom stereocenters. The average Bonchev–Trinajstić information content (AvgIpc) is 3.13. The number of rotatable bonds is 7. The first-order valence-electron chi connectivity index (χ1n) is 9.72. The number of aromatic nitrogens is 1. The van der Waals surface area contributed by atoms with Gasteiger partial charge in [-0.2, -0.15) is 0 Å². The Morgan fingerprint density at radius 1 is 0.933 bits per heavy atom. The van der Waals surface area contributed by atoms with E-state index in [0.717, 1.165) is 36.0 Å². The van der Waals surface area contributed by atoms with E-state index in [0.29, 0.717) is 10.5 Å². The first-order valence-corrected chi connectivity index (χ1v) is 11.5. The Morgan fingerprint density at radius 3 is 2.50 bits per heavy atom. The standard InChI is InChI=1S/C24H22ClNO3S/c1-29-21-10-6-8-18(15-21)7-5-9-19-17-26(24-14-13-20(25)16-23(19)24)30(27,28)22-11-3-2-4-12-22/h2-4,6,8,10-17H,5,7,9H2,1H3. The van der Waals surface area contributed by atoms with Crippen LogP contribution in [-0.4, -0.2) is 19.5 Å². The van der Waals surface area contributed by atoms with E-state index in [-0.39, 0.29) is 4.90 Å². The van der Waals surface area contributed by atoms with Gasteiger partial charge in [0.2, 0.25) is 0 Å². The number of hydrogen-bond donors (Lipinski definition) is 0. The van der Waals surface area contributed by atoms with Crippen LogP contribution in [-0.2, 0) is 22.9 Å². The van der Waals surface area contributed by atoms with Crippen LogP contribution in [0.15, 0.2) is 83.9 Å². The summed E-state index contributed by atoms with van der Waals surface area (Å²) in [5, 5.41) is 1.46. The van der Waals surface area contributed by atoms with Crippen LogP contribution in [0.3, 0.4) is 0 Å². The van der Waals surface area contributed by atoms with Crippen molar-refractivity contribution in [3.05, 3.63) is 95.1 Å². The third-order valence-electron chi connectivity index (χ3n) is 5.16. The smallest absolute Gasteiger partial charge is 0.268 e. The molecule has 1 heterocycles. The van der Waals surface area contributed by atoms with E-state index >= 15 is 0 Å². The molecule has 0 N–H and O–H groups in total. The zero-order chi connectivity index (χ0) is 21.1. The summed E-state index contributed by atoms with van der Waals surface area (Å²) in [5.41, 5.74) is 2.79. The number of halogens is 1. The van der Waals surface area contributed by atoms with Gasteiger partial charge in [0.05, 0.1) is 17.5 Å². The minimum Gasteiger partial charge on any atom is -0.497 e. The Kier molecular flexibility index (Phi) is 5.84. The fourth-order valence-corrected chi connectivity index (χ4v) is 5.24. The normalized spacial score (nSPS) is 11.7. The maximum Gasteiger partial charge on any atom is 0.268 e. The third-order valence-corrected chi connectivity index (χ3v) is 7.08. The lowest BCUT2D eigenvalue weighted by Gasteiger charge is -2.07. The highest BCUT2D eigenvalue weighted by atomic mass is 35.5. The third kappa shape index (κ3) is 4.09. The highest BCUT2D eigenvalue weighted by Crippen LogP contribution is 2.29. The average molecular weight is 440 g/mol. The summed E-state index contributed by atoms with van der Waals surface area (Å²) < 4.78 is 33.1. The van der Waals surface area contributed by atoms with Crippen molar-refractivity contribution in [2.45, 2.75) is 24.2 Å². The molecule has 0 fully saturated rings. The molecule has 4 rings (SSSR count). The van der Waals surface area contributed by atoms with Crippen molar-refractivity contribution in [2.24, 2.45) is 0 Å². The summed E-state index contributed by atoms with van der Waals surface area (Å²) in [5.74, 6) is 0.838. The summed E-state index contributed by atoms with van der Waals surface area (Å²) in [6, 6.07) is 21.8. The SMILES string of the molecule is COc1cccc(CCCc2cn(S(=O)(=O)c3ccccc3)c3ccc(Cl)cc23)c1. The number of aryl methyl sites for hydroxylation is 2. The van der Waals surface area contributed by atoms with E-state index in [1.54, 1.807) is 55.8 Å². The van der Waals surface area contributed by atoms with Gasteiger partial charge in [0.1, 0.15) is 5.75 Å². The molecular weight excluding hydrogens is 418 g/mol. The predicted octanol–water partition coefficient (Wildman–Crippen LogP) is 5.72. The summed E-state index contributed by atoms with van der Waals surface area (Å²) in [6.45, 7) is 0. The van der Waals surface area contributed by atoms with Crippen LogP contribution in [0, 0.1) is 0 Å².